The molecule has 0 aliphatic rings. The SMILES string of the molecule is CC(CC(N)=O)c1cccc2ccccc12. The van der Waals surface area contributed by atoms with Gasteiger partial charge in [0.05, 0.1) is 0 Å². The van der Waals surface area contributed by atoms with Crippen LogP contribution in [0.1, 0.15) is 24.8 Å². The molecule has 0 heterocycles. The maximum Gasteiger partial charge on any atom is 0.218 e. The van der Waals surface area contributed by atoms with Gasteiger partial charge >= 0.3 is 0 Å². The van der Waals surface area contributed by atoms with Gasteiger partial charge in [-0.05, 0) is 22.3 Å². The van der Waals surface area contributed by atoms with Crippen LogP contribution in [0.3, 0.4) is 0 Å². The average Bonchev–Trinajstić information content (AvgIpc) is 2.27. The number of hydrogen-bond donors (Lipinski definition) is 1. The van der Waals surface area contributed by atoms with Gasteiger partial charge in [-0.25, -0.2) is 0 Å². The number of carbonyl (C=O) groups excluding carboxylic acids is 1. The average molecular weight is 213 g/mol. The summed E-state index contributed by atoms with van der Waals surface area (Å²) in [6.07, 6.45) is 0.397. The molecule has 82 valence electrons. The van der Waals surface area contributed by atoms with Crippen LogP contribution in [0.2, 0.25) is 0 Å². The second kappa shape index (κ2) is 4.35. The first-order valence-corrected chi connectivity index (χ1v) is 5.44. The van der Waals surface area contributed by atoms with Crippen molar-refractivity contribution in [3.05, 3.63) is 48.0 Å². The third-order valence-corrected chi connectivity index (χ3v) is 2.86. The van der Waals surface area contributed by atoms with Crippen molar-refractivity contribution in [3.63, 3.8) is 0 Å². The molecule has 2 heteroatoms. The topological polar surface area (TPSA) is 43.1 Å². The molecule has 0 radical (unpaired) electrons. The predicted molar refractivity (Wildman–Crippen MR) is 66.2 cm³/mol. The first-order valence-electron chi connectivity index (χ1n) is 5.44. The number of primary amides is 1. The Bertz CT molecular complexity index is 514. The Morgan fingerprint density at radius 3 is 2.62 bits per heavy atom. The fraction of sp³-hybridized carbons (Fsp3) is 0.214. The van der Waals surface area contributed by atoms with Crippen molar-refractivity contribution in [2.75, 3.05) is 0 Å². The van der Waals surface area contributed by atoms with Gasteiger partial charge in [0.1, 0.15) is 0 Å². The summed E-state index contributed by atoms with van der Waals surface area (Å²) in [6.45, 7) is 2.03. The highest BCUT2D eigenvalue weighted by Gasteiger charge is 2.11. The van der Waals surface area contributed by atoms with Crippen LogP contribution in [0.5, 0.6) is 0 Å². The van der Waals surface area contributed by atoms with Crippen LogP contribution < -0.4 is 5.73 Å². The zero-order chi connectivity index (χ0) is 11.5. The van der Waals surface area contributed by atoms with Gasteiger partial charge < -0.3 is 5.73 Å². The molecule has 0 aliphatic carbocycles. The lowest BCUT2D eigenvalue weighted by molar-refractivity contribution is -0.118. The van der Waals surface area contributed by atoms with E-state index in [-0.39, 0.29) is 11.8 Å². The molecule has 1 unspecified atom stereocenters. The lowest BCUT2D eigenvalue weighted by Crippen LogP contribution is -2.13. The first-order chi connectivity index (χ1) is 7.68. The maximum absolute atomic E-state index is 10.9. The van der Waals surface area contributed by atoms with Gasteiger partial charge in [0, 0.05) is 6.42 Å². The van der Waals surface area contributed by atoms with Crippen molar-refractivity contribution in [1.82, 2.24) is 0 Å². The molecule has 16 heavy (non-hydrogen) atoms. The molecule has 2 rings (SSSR count). The van der Waals surface area contributed by atoms with Crippen molar-refractivity contribution in [3.8, 4) is 0 Å². The second-order valence-corrected chi connectivity index (χ2v) is 4.14. The van der Waals surface area contributed by atoms with Crippen molar-refractivity contribution in [1.29, 1.82) is 0 Å². The molecule has 0 aliphatic heterocycles. The van der Waals surface area contributed by atoms with Gasteiger partial charge in [0.15, 0.2) is 0 Å². The lowest BCUT2D eigenvalue weighted by atomic mass is 9.92. The molecule has 2 N–H and O–H groups in total. The Labute approximate surface area is 95.1 Å². The summed E-state index contributed by atoms with van der Waals surface area (Å²) in [5.41, 5.74) is 6.43. The molecule has 2 nitrogen and oxygen atoms in total. The van der Waals surface area contributed by atoms with Crippen LogP contribution in [0.4, 0.5) is 0 Å². The lowest BCUT2D eigenvalue weighted by Gasteiger charge is -2.12. The zero-order valence-electron chi connectivity index (χ0n) is 9.31. The Morgan fingerprint density at radius 1 is 1.19 bits per heavy atom. The van der Waals surface area contributed by atoms with Crippen LogP contribution in [0.15, 0.2) is 42.5 Å². The molecule has 2 aromatic rings. The largest absolute Gasteiger partial charge is 0.370 e. The Kier molecular flexibility index (Phi) is 2.91. The Hall–Kier alpha value is -1.83. The summed E-state index contributed by atoms with van der Waals surface area (Å²) >= 11 is 0. The van der Waals surface area contributed by atoms with Gasteiger partial charge in [-0.15, -0.1) is 0 Å². The minimum absolute atomic E-state index is 0.170. The molecule has 0 bridgehead atoms. The summed E-state index contributed by atoms with van der Waals surface area (Å²) in [5.74, 6) is -0.0796. The second-order valence-electron chi connectivity index (χ2n) is 4.14. The number of benzene rings is 2. The van der Waals surface area contributed by atoms with Gasteiger partial charge in [-0.2, -0.15) is 0 Å². The smallest absolute Gasteiger partial charge is 0.218 e. The minimum atomic E-state index is -0.250. The molecule has 0 aromatic heterocycles. The van der Waals surface area contributed by atoms with E-state index in [1.54, 1.807) is 0 Å². The van der Waals surface area contributed by atoms with Crippen molar-refractivity contribution in [2.24, 2.45) is 5.73 Å². The number of amides is 1. The van der Waals surface area contributed by atoms with E-state index in [4.69, 9.17) is 5.73 Å². The van der Waals surface area contributed by atoms with Gasteiger partial charge in [0.25, 0.3) is 0 Å². The van der Waals surface area contributed by atoms with E-state index in [1.807, 2.05) is 25.1 Å². The van der Waals surface area contributed by atoms with E-state index in [2.05, 4.69) is 24.3 Å². The molecule has 0 saturated heterocycles. The summed E-state index contributed by atoms with van der Waals surface area (Å²) in [7, 11) is 0. The van der Waals surface area contributed by atoms with Gasteiger partial charge in [-0.3, -0.25) is 4.79 Å². The van der Waals surface area contributed by atoms with Crippen molar-refractivity contribution >= 4 is 16.7 Å². The van der Waals surface area contributed by atoms with Crippen LogP contribution in [0, 0.1) is 0 Å². The quantitative estimate of drug-likeness (QED) is 0.837. The Morgan fingerprint density at radius 2 is 1.88 bits per heavy atom. The summed E-state index contributed by atoms with van der Waals surface area (Å²) < 4.78 is 0. The number of rotatable bonds is 3. The highest BCUT2D eigenvalue weighted by molar-refractivity contribution is 5.86. The van der Waals surface area contributed by atoms with Gasteiger partial charge in [-0.1, -0.05) is 49.4 Å². The van der Waals surface area contributed by atoms with E-state index in [0.717, 1.165) is 0 Å². The molecule has 0 saturated carbocycles. The van der Waals surface area contributed by atoms with E-state index in [0.29, 0.717) is 6.42 Å². The standard InChI is InChI=1S/C14H15NO/c1-10(9-14(15)16)12-8-4-6-11-5-2-3-7-13(11)12/h2-8,10H,9H2,1H3,(H2,15,16). The number of carbonyl (C=O) groups is 1. The molecular formula is C14H15NO. The summed E-state index contributed by atoms with van der Waals surface area (Å²) in [5, 5.41) is 2.41. The molecule has 0 fully saturated rings. The summed E-state index contributed by atoms with van der Waals surface area (Å²) in [6, 6.07) is 14.4. The number of nitrogens with two attached hydrogens (primary N) is 1. The van der Waals surface area contributed by atoms with Crippen molar-refractivity contribution in [2.45, 2.75) is 19.3 Å². The summed E-state index contributed by atoms with van der Waals surface area (Å²) in [4.78, 5) is 10.9. The van der Waals surface area contributed by atoms with Crippen LogP contribution in [-0.2, 0) is 4.79 Å². The molecule has 1 atom stereocenters. The molecule has 0 spiro atoms. The Balaban J connectivity index is 2.47. The maximum atomic E-state index is 10.9. The fourth-order valence-corrected chi connectivity index (χ4v) is 2.09. The highest BCUT2D eigenvalue weighted by Crippen LogP contribution is 2.27. The van der Waals surface area contributed by atoms with E-state index >= 15 is 0 Å². The molecular weight excluding hydrogens is 198 g/mol. The molecule has 1 amide bonds. The highest BCUT2D eigenvalue weighted by atomic mass is 16.1. The van der Waals surface area contributed by atoms with Crippen LogP contribution in [-0.4, -0.2) is 5.91 Å². The third-order valence-electron chi connectivity index (χ3n) is 2.86. The fourth-order valence-electron chi connectivity index (χ4n) is 2.09. The third kappa shape index (κ3) is 2.06. The van der Waals surface area contributed by atoms with E-state index < -0.39 is 0 Å². The van der Waals surface area contributed by atoms with Gasteiger partial charge in [0.2, 0.25) is 5.91 Å². The minimum Gasteiger partial charge on any atom is -0.370 e. The molecule has 2 aromatic carbocycles. The normalized spacial score (nSPS) is 12.6. The van der Waals surface area contributed by atoms with Crippen molar-refractivity contribution < 1.29 is 4.79 Å². The van der Waals surface area contributed by atoms with E-state index in [1.165, 1.54) is 16.3 Å². The number of hydrogen-bond acceptors (Lipinski definition) is 1. The zero-order valence-corrected chi connectivity index (χ0v) is 9.31. The van der Waals surface area contributed by atoms with Crippen LogP contribution >= 0.6 is 0 Å². The number of fused-ring (bicyclic) bond motifs is 1. The first kappa shape index (κ1) is 10.7. The van der Waals surface area contributed by atoms with Crippen LogP contribution in [0.25, 0.3) is 10.8 Å². The van der Waals surface area contributed by atoms with E-state index in [9.17, 15) is 4.79 Å². The predicted octanol–water partition coefficient (Wildman–Crippen LogP) is 2.82. The monoisotopic (exact) mass is 213 g/mol.